The maximum atomic E-state index is 12.9. The number of aromatic nitrogens is 2. The van der Waals surface area contributed by atoms with Crippen LogP contribution in [0.15, 0.2) is 12.2 Å². The van der Waals surface area contributed by atoms with Crippen molar-refractivity contribution in [3.8, 4) is 0 Å². The maximum absolute atomic E-state index is 12.9. The van der Waals surface area contributed by atoms with E-state index in [4.69, 9.17) is 4.74 Å². The molecule has 4 aliphatic rings. The third-order valence-electron chi connectivity index (χ3n) is 6.82. The number of ether oxygens (including phenoxy) is 1. The van der Waals surface area contributed by atoms with Crippen LogP contribution in [-0.2, 0) is 9.53 Å². The minimum Gasteiger partial charge on any atom is -0.369 e. The number of fused-ring (bicyclic) bond motifs is 1. The number of likely N-dealkylation sites (tertiary alicyclic amines) is 1. The van der Waals surface area contributed by atoms with E-state index in [2.05, 4.69) is 26.2 Å². The minimum absolute atomic E-state index is 0.107. The second-order valence-electron chi connectivity index (χ2n) is 8.30. The van der Waals surface area contributed by atoms with Gasteiger partial charge in [0.2, 0.25) is 5.91 Å². The van der Waals surface area contributed by atoms with E-state index in [1.54, 1.807) is 6.92 Å². The Labute approximate surface area is 162 Å². The summed E-state index contributed by atoms with van der Waals surface area (Å²) in [6, 6.07) is 0. The van der Waals surface area contributed by atoms with Gasteiger partial charge in [-0.3, -0.25) is 9.59 Å². The SMILES string of the molecule is Cc1nsnc1C(=O)NC[C@H]1[C@H]2CN(C(=O)C3CC=CC3)C[C@]23CC[C@H]1O3. The Morgan fingerprint density at radius 2 is 2.19 bits per heavy atom. The van der Waals surface area contributed by atoms with Crippen molar-refractivity contribution in [1.82, 2.24) is 19.0 Å². The number of allylic oxidation sites excluding steroid dienone is 2. The lowest BCUT2D eigenvalue weighted by Gasteiger charge is -2.29. The number of carbonyl (C=O) groups excluding carboxylic acids is 2. The van der Waals surface area contributed by atoms with Crippen molar-refractivity contribution in [2.75, 3.05) is 19.6 Å². The molecule has 2 bridgehead atoms. The molecule has 144 valence electrons. The first-order chi connectivity index (χ1) is 13.1. The number of rotatable bonds is 4. The Bertz CT molecular complexity index is 801. The fourth-order valence-corrected chi connectivity index (χ4v) is 5.99. The first-order valence-corrected chi connectivity index (χ1v) is 10.5. The predicted octanol–water partition coefficient (Wildman–Crippen LogP) is 1.55. The van der Waals surface area contributed by atoms with E-state index < -0.39 is 0 Å². The van der Waals surface area contributed by atoms with Crippen LogP contribution < -0.4 is 5.32 Å². The van der Waals surface area contributed by atoms with Crippen LogP contribution in [0, 0.1) is 24.7 Å². The summed E-state index contributed by atoms with van der Waals surface area (Å²) in [4.78, 5) is 27.3. The first kappa shape index (κ1) is 17.3. The molecule has 4 atom stereocenters. The Kier molecular flexibility index (Phi) is 4.09. The highest BCUT2D eigenvalue weighted by molar-refractivity contribution is 6.99. The van der Waals surface area contributed by atoms with Gasteiger partial charge in [-0.05, 0) is 32.6 Å². The maximum Gasteiger partial charge on any atom is 0.272 e. The molecule has 0 radical (unpaired) electrons. The predicted molar refractivity (Wildman–Crippen MR) is 99.2 cm³/mol. The standard InChI is InChI=1S/C19H24N4O3S/c1-11-16(22-27-21-11)17(24)20-8-13-14-9-23(18(25)12-4-2-3-5-12)10-19(14)7-6-15(13)26-19/h2-3,12-15H,4-10H2,1H3,(H,20,24)/t13-,14+,15+,19+/m0/s1. The molecular formula is C19H24N4O3S. The Morgan fingerprint density at radius 1 is 1.37 bits per heavy atom. The van der Waals surface area contributed by atoms with Gasteiger partial charge in [-0.25, -0.2) is 0 Å². The van der Waals surface area contributed by atoms with Gasteiger partial charge in [0, 0.05) is 30.8 Å². The molecule has 8 heteroatoms. The topological polar surface area (TPSA) is 84.4 Å². The molecule has 4 heterocycles. The molecule has 3 aliphatic heterocycles. The number of hydrogen-bond acceptors (Lipinski definition) is 6. The summed E-state index contributed by atoms with van der Waals surface area (Å²) in [6.07, 6.45) is 8.15. The molecule has 1 N–H and O–H groups in total. The number of nitrogens with one attached hydrogen (secondary N) is 1. The average molecular weight is 388 g/mol. The van der Waals surface area contributed by atoms with Crippen LogP contribution in [-0.4, -0.2) is 56.8 Å². The molecule has 0 aromatic carbocycles. The van der Waals surface area contributed by atoms with E-state index in [9.17, 15) is 9.59 Å². The Hall–Kier alpha value is -1.80. The van der Waals surface area contributed by atoms with Crippen molar-refractivity contribution in [3.05, 3.63) is 23.5 Å². The normalized spacial score (nSPS) is 34.4. The highest BCUT2D eigenvalue weighted by Gasteiger charge is 2.63. The zero-order valence-electron chi connectivity index (χ0n) is 15.4. The summed E-state index contributed by atoms with van der Waals surface area (Å²) in [5.41, 5.74) is 0.886. The molecule has 1 aromatic rings. The zero-order chi connectivity index (χ0) is 18.6. The summed E-state index contributed by atoms with van der Waals surface area (Å²) in [5.74, 6) is 0.776. The van der Waals surface area contributed by atoms with Gasteiger partial charge in [0.05, 0.1) is 35.7 Å². The van der Waals surface area contributed by atoms with Gasteiger partial charge in [0.25, 0.3) is 5.91 Å². The van der Waals surface area contributed by atoms with Crippen molar-refractivity contribution in [1.29, 1.82) is 0 Å². The second kappa shape index (κ2) is 6.38. The monoisotopic (exact) mass is 388 g/mol. The lowest BCUT2D eigenvalue weighted by molar-refractivity contribution is -0.135. The molecule has 0 unspecified atom stereocenters. The van der Waals surface area contributed by atoms with Crippen LogP contribution in [0.2, 0.25) is 0 Å². The first-order valence-electron chi connectivity index (χ1n) is 9.76. The highest BCUT2D eigenvalue weighted by atomic mass is 32.1. The molecular weight excluding hydrogens is 364 g/mol. The van der Waals surface area contributed by atoms with Gasteiger partial charge < -0.3 is 15.0 Å². The van der Waals surface area contributed by atoms with Crippen molar-refractivity contribution < 1.29 is 14.3 Å². The van der Waals surface area contributed by atoms with Crippen molar-refractivity contribution >= 4 is 23.5 Å². The van der Waals surface area contributed by atoms with Crippen LogP contribution in [0.4, 0.5) is 0 Å². The summed E-state index contributed by atoms with van der Waals surface area (Å²) < 4.78 is 14.6. The quantitative estimate of drug-likeness (QED) is 0.791. The molecule has 1 aromatic heterocycles. The summed E-state index contributed by atoms with van der Waals surface area (Å²) in [6.45, 7) is 3.83. The minimum atomic E-state index is -0.195. The fraction of sp³-hybridized carbons (Fsp3) is 0.684. The second-order valence-corrected chi connectivity index (χ2v) is 8.83. The number of hydrogen-bond donors (Lipinski definition) is 1. The average Bonchev–Trinajstić information content (AvgIpc) is 3.44. The van der Waals surface area contributed by atoms with Crippen LogP contribution in [0.5, 0.6) is 0 Å². The van der Waals surface area contributed by atoms with Crippen molar-refractivity contribution in [3.63, 3.8) is 0 Å². The molecule has 7 nitrogen and oxygen atoms in total. The van der Waals surface area contributed by atoms with Gasteiger partial charge >= 0.3 is 0 Å². The molecule has 2 amide bonds. The van der Waals surface area contributed by atoms with Gasteiger partial charge in [-0.1, -0.05) is 12.2 Å². The molecule has 1 aliphatic carbocycles. The third kappa shape index (κ3) is 2.72. The number of amides is 2. The van der Waals surface area contributed by atoms with E-state index in [1.165, 1.54) is 0 Å². The smallest absolute Gasteiger partial charge is 0.272 e. The lowest BCUT2D eigenvalue weighted by Crippen LogP contribution is -2.42. The summed E-state index contributed by atoms with van der Waals surface area (Å²) in [5, 5.41) is 3.03. The molecule has 5 rings (SSSR count). The molecule has 27 heavy (non-hydrogen) atoms. The number of nitrogens with zero attached hydrogens (tertiary/aromatic N) is 3. The van der Waals surface area contributed by atoms with Gasteiger partial charge in [-0.2, -0.15) is 8.75 Å². The molecule has 3 fully saturated rings. The van der Waals surface area contributed by atoms with Gasteiger partial charge in [0.15, 0.2) is 5.69 Å². The van der Waals surface area contributed by atoms with Crippen LogP contribution in [0.1, 0.15) is 41.9 Å². The van der Waals surface area contributed by atoms with Gasteiger partial charge in [-0.15, -0.1) is 0 Å². The molecule has 3 saturated heterocycles. The lowest BCUT2D eigenvalue weighted by atomic mass is 9.73. The summed E-state index contributed by atoms with van der Waals surface area (Å²) in [7, 11) is 0. The van der Waals surface area contributed by atoms with E-state index in [-0.39, 0.29) is 35.4 Å². The van der Waals surface area contributed by atoms with Crippen LogP contribution in [0.3, 0.4) is 0 Å². The van der Waals surface area contributed by atoms with Crippen molar-refractivity contribution in [2.45, 2.75) is 44.3 Å². The van der Waals surface area contributed by atoms with Crippen LogP contribution >= 0.6 is 11.7 Å². The number of aryl methyl sites for hydroxylation is 1. The Balaban J connectivity index is 1.26. The van der Waals surface area contributed by atoms with Crippen molar-refractivity contribution in [2.24, 2.45) is 17.8 Å². The van der Waals surface area contributed by atoms with E-state index in [0.29, 0.717) is 30.4 Å². The third-order valence-corrected chi connectivity index (χ3v) is 7.44. The highest BCUT2D eigenvalue weighted by Crippen LogP contribution is 2.54. The fourth-order valence-electron chi connectivity index (χ4n) is 5.44. The zero-order valence-corrected chi connectivity index (χ0v) is 16.2. The largest absolute Gasteiger partial charge is 0.369 e. The van der Waals surface area contributed by atoms with Gasteiger partial charge in [0.1, 0.15) is 0 Å². The molecule has 0 saturated carbocycles. The van der Waals surface area contributed by atoms with E-state index in [0.717, 1.165) is 44.0 Å². The Morgan fingerprint density at radius 3 is 2.93 bits per heavy atom. The van der Waals surface area contributed by atoms with Crippen LogP contribution in [0.25, 0.3) is 0 Å². The summed E-state index contributed by atoms with van der Waals surface area (Å²) >= 11 is 1.06. The van der Waals surface area contributed by atoms with E-state index in [1.807, 2.05) is 4.90 Å². The molecule has 1 spiro atoms. The number of carbonyl (C=O) groups is 2. The van der Waals surface area contributed by atoms with E-state index >= 15 is 0 Å².